The summed E-state index contributed by atoms with van der Waals surface area (Å²) in [5, 5.41) is 8.88. The van der Waals surface area contributed by atoms with Crippen molar-refractivity contribution in [2.45, 2.75) is 13.8 Å². The second-order valence-corrected chi connectivity index (χ2v) is 3.49. The van der Waals surface area contributed by atoms with E-state index in [1.165, 1.54) is 18.3 Å². The van der Waals surface area contributed by atoms with Crippen molar-refractivity contribution in [2.75, 3.05) is 0 Å². The van der Waals surface area contributed by atoms with Crippen molar-refractivity contribution < 1.29 is 9.90 Å². The maximum absolute atomic E-state index is 10.8. The van der Waals surface area contributed by atoms with E-state index in [0.717, 1.165) is 11.4 Å². The zero-order chi connectivity index (χ0) is 11.7. The van der Waals surface area contributed by atoms with Gasteiger partial charge < -0.3 is 5.11 Å². The van der Waals surface area contributed by atoms with Gasteiger partial charge in [0, 0.05) is 11.9 Å². The molecule has 0 amide bonds. The van der Waals surface area contributed by atoms with E-state index in [-0.39, 0.29) is 5.56 Å². The third kappa shape index (κ3) is 1.67. The SMILES string of the molecule is Cc1ncn(-c2cc(C(=O)O)ccn2)c1C. The van der Waals surface area contributed by atoms with Crippen LogP contribution in [0, 0.1) is 13.8 Å². The molecule has 16 heavy (non-hydrogen) atoms. The third-order valence-electron chi connectivity index (χ3n) is 2.49. The quantitative estimate of drug-likeness (QED) is 0.829. The van der Waals surface area contributed by atoms with Crippen molar-refractivity contribution >= 4 is 5.97 Å². The zero-order valence-electron chi connectivity index (χ0n) is 9.01. The Morgan fingerprint density at radius 2 is 2.12 bits per heavy atom. The molecule has 5 heteroatoms. The van der Waals surface area contributed by atoms with Gasteiger partial charge in [0.15, 0.2) is 0 Å². The monoisotopic (exact) mass is 217 g/mol. The van der Waals surface area contributed by atoms with Crippen LogP contribution in [0.15, 0.2) is 24.7 Å². The average molecular weight is 217 g/mol. The summed E-state index contributed by atoms with van der Waals surface area (Å²) in [7, 11) is 0. The van der Waals surface area contributed by atoms with Crippen molar-refractivity contribution in [3.63, 3.8) is 0 Å². The van der Waals surface area contributed by atoms with Gasteiger partial charge in [0.05, 0.1) is 11.3 Å². The van der Waals surface area contributed by atoms with E-state index in [4.69, 9.17) is 5.11 Å². The molecule has 0 aliphatic rings. The maximum atomic E-state index is 10.8. The average Bonchev–Trinajstić information content (AvgIpc) is 2.60. The van der Waals surface area contributed by atoms with Gasteiger partial charge in [-0.25, -0.2) is 14.8 Å². The second kappa shape index (κ2) is 3.77. The Morgan fingerprint density at radius 3 is 2.69 bits per heavy atom. The Hall–Kier alpha value is -2.17. The van der Waals surface area contributed by atoms with Crippen LogP contribution in [0.3, 0.4) is 0 Å². The first kappa shape index (κ1) is 10.4. The molecule has 0 aliphatic carbocycles. The predicted molar refractivity (Wildman–Crippen MR) is 57.8 cm³/mol. The van der Waals surface area contributed by atoms with Gasteiger partial charge in [0.2, 0.25) is 0 Å². The summed E-state index contributed by atoms with van der Waals surface area (Å²) < 4.78 is 1.77. The van der Waals surface area contributed by atoms with E-state index >= 15 is 0 Å². The standard InChI is InChI=1S/C11H11N3O2/c1-7-8(2)14(6-13-7)10-5-9(11(15)16)3-4-12-10/h3-6H,1-2H3,(H,15,16). The number of aromatic carboxylic acids is 1. The van der Waals surface area contributed by atoms with E-state index < -0.39 is 5.97 Å². The van der Waals surface area contributed by atoms with Crippen LogP contribution in [0.25, 0.3) is 5.82 Å². The molecule has 2 heterocycles. The lowest BCUT2D eigenvalue weighted by Gasteiger charge is -2.04. The van der Waals surface area contributed by atoms with E-state index in [1.54, 1.807) is 10.9 Å². The van der Waals surface area contributed by atoms with Crippen LogP contribution in [-0.4, -0.2) is 25.6 Å². The van der Waals surface area contributed by atoms with Crippen LogP contribution in [0.2, 0.25) is 0 Å². The molecular weight excluding hydrogens is 206 g/mol. The molecule has 0 radical (unpaired) electrons. The Kier molecular flexibility index (Phi) is 2.44. The number of aryl methyl sites for hydroxylation is 1. The van der Waals surface area contributed by atoms with Crippen molar-refractivity contribution in [3.8, 4) is 5.82 Å². The van der Waals surface area contributed by atoms with Gasteiger partial charge in [-0.15, -0.1) is 0 Å². The first-order valence-corrected chi connectivity index (χ1v) is 4.80. The minimum absolute atomic E-state index is 0.218. The Balaban J connectivity index is 2.52. The highest BCUT2D eigenvalue weighted by Gasteiger charge is 2.08. The van der Waals surface area contributed by atoms with Gasteiger partial charge in [-0.3, -0.25) is 4.57 Å². The number of nitrogens with zero attached hydrogens (tertiary/aromatic N) is 3. The van der Waals surface area contributed by atoms with Crippen LogP contribution in [0.1, 0.15) is 21.7 Å². The van der Waals surface area contributed by atoms with Crippen molar-refractivity contribution in [1.29, 1.82) is 0 Å². The van der Waals surface area contributed by atoms with E-state index in [2.05, 4.69) is 9.97 Å². The molecule has 0 bridgehead atoms. The number of carboxylic acids is 1. The number of carbonyl (C=O) groups is 1. The fourth-order valence-electron chi connectivity index (χ4n) is 1.41. The largest absolute Gasteiger partial charge is 0.478 e. The number of rotatable bonds is 2. The van der Waals surface area contributed by atoms with E-state index in [9.17, 15) is 4.79 Å². The fourth-order valence-corrected chi connectivity index (χ4v) is 1.41. The lowest BCUT2D eigenvalue weighted by Crippen LogP contribution is -2.02. The normalized spacial score (nSPS) is 10.4. The maximum Gasteiger partial charge on any atom is 0.335 e. The molecule has 0 unspecified atom stereocenters. The van der Waals surface area contributed by atoms with E-state index in [0.29, 0.717) is 5.82 Å². The summed E-state index contributed by atoms with van der Waals surface area (Å²) in [6, 6.07) is 2.99. The summed E-state index contributed by atoms with van der Waals surface area (Å²) in [4.78, 5) is 19.1. The molecule has 0 spiro atoms. The molecule has 5 nitrogen and oxygen atoms in total. The summed E-state index contributed by atoms with van der Waals surface area (Å²) in [6.45, 7) is 3.81. The molecule has 0 aromatic carbocycles. The molecule has 0 aliphatic heterocycles. The lowest BCUT2D eigenvalue weighted by atomic mass is 10.2. The summed E-state index contributed by atoms with van der Waals surface area (Å²) in [5.41, 5.74) is 2.08. The van der Waals surface area contributed by atoms with Crippen molar-refractivity contribution in [2.24, 2.45) is 0 Å². The fraction of sp³-hybridized carbons (Fsp3) is 0.182. The molecule has 0 saturated carbocycles. The minimum atomic E-state index is -0.960. The molecule has 2 rings (SSSR count). The highest BCUT2D eigenvalue weighted by atomic mass is 16.4. The van der Waals surface area contributed by atoms with Crippen LogP contribution in [-0.2, 0) is 0 Å². The van der Waals surface area contributed by atoms with Crippen LogP contribution < -0.4 is 0 Å². The Morgan fingerprint density at radius 1 is 1.38 bits per heavy atom. The number of carboxylic acid groups (broad SMARTS) is 1. The molecule has 2 aromatic heterocycles. The topological polar surface area (TPSA) is 68.0 Å². The van der Waals surface area contributed by atoms with Crippen LogP contribution in [0.4, 0.5) is 0 Å². The van der Waals surface area contributed by atoms with Crippen molar-refractivity contribution in [3.05, 3.63) is 41.6 Å². The number of imidazole rings is 1. The first-order chi connectivity index (χ1) is 7.59. The van der Waals surface area contributed by atoms with Gasteiger partial charge in [0.1, 0.15) is 12.1 Å². The molecule has 0 fully saturated rings. The van der Waals surface area contributed by atoms with Gasteiger partial charge in [-0.1, -0.05) is 0 Å². The Bertz CT molecular complexity index is 546. The zero-order valence-corrected chi connectivity index (χ0v) is 9.01. The smallest absolute Gasteiger partial charge is 0.335 e. The molecule has 0 saturated heterocycles. The molecule has 1 N–H and O–H groups in total. The minimum Gasteiger partial charge on any atom is -0.478 e. The van der Waals surface area contributed by atoms with Gasteiger partial charge in [-0.05, 0) is 26.0 Å². The summed E-state index contributed by atoms with van der Waals surface area (Å²) >= 11 is 0. The summed E-state index contributed by atoms with van der Waals surface area (Å²) in [6.07, 6.45) is 3.12. The number of hydrogen-bond donors (Lipinski definition) is 1. The number of hydrogen-bond acceptors (Lipinski definition) is 3. The predicted octanol–water partition coefficient (Wildman–Crippen LogP) is 1.58. The molecule has 0 atom stereocenters. The van der Waals surface area contributed by atoms with Crippen LogP contribution >= 0.6 is 0 Å². The Labute approximate surface area is 92.4 Å². The third-order valence-corrected chi connectivity index (χ3v) is 2.49. The first-order valence-electron chi connectivity index (χ1n) is 4.80. The van der Waals surface area contributed by atoms with Crippen molar-refractivity contribution in [1.82, 2.24) is 14.5 Å². The second-order valence-electron chi connectivity index (χ2n) is 3.49. The van der Waals surface area contributed by atoms with Gasteiger partial charge in [-0.2, -0.15) is 0 Å². The molecule has 2 aromatic rings. The molecule has 82 valence electrons. The highest BCUT2D eigenvalue weighted by Crippen LogP contribution is 2.12. The van der Waals surface area contributed by atoms with E-state index in [1.807, 2.05) is 13.8 Å². The molecular formula is C11H11N3O2. The number of pyridine rings is 1. The highest BCUT2D eigenvalue weighted by molar-refractivity contribution is 5.87. The number of aromatic nitrogens is 3. The summed E-state index contributed by atoms with van der Waals surface area (Å²) in [5.74, 6) is -0.392. The van der Waals surface area contributed by atoms with Gasteiger partial charge >= 0.3 is 5.97 Å². The van der Waals surface area contributed by atoms with Gasteiger partial charge in [0.25, 0.3) is 0 Å². The lowest BCUT2D eigenvalue weighted by molar-refractivity contribution is 0.0696. The van der Waals surface area contributed by atoms with Crippen LogP contribution in [0.5, 0.6) is 0 Å².